The molecule has 2 heterocycles. The Labute approximate surface area is 230 Å². The van der Waals surface area contributed by atoms with E-state index in [1.807, 2.05) is 60.8 Å². The minimum atomic E-state index is -2.98. The molecule has 0 aliphatic rings. The fourth-order valence-electron chi connectivity index (χ4n) is 3.97. The molecule has 200 valence electrons. The summed E-state index contributed by atoms with van der Waals surface area (Å²) in [4.78, 5) is 10.1. The van der Waals surface area contributed by atoms with Gasteiger partial charge in [-0.2, -0.15) is 0 Å². The maximum atomic E-state index is 13.4. The number of fused-ring (bicyclic) bond motifs is 1. The van der Waals surface area contributed by atoms with Gasteiger partial charge in [0.15, 0.2) is 0 Å². The predicted octanol–water partition coefficient (Wildman–Crippen LogP) is 5.95. The lowest BCUT2D eigenvalue weighted by Gasteiger charge is -2.11. The summed E-state index contributed by atoms with van der Waals surface area (Å²) in [5, 5.41) is 8.46. The number of rotatable bonds is 11. The number of sulfone groups is 1. The Hall–Kier alpha value is -3.86. The Morgan fingerprint density at radius 3 is 2.64 bits per heavy atom. The number of thiazole rings is 1. The highest BCUT2D eigenvalue weighted by molar-refractivity contribution is 7.90. The van der Waals surface area contributed by atoms with Gasteiger partial charge >= 0.3 is 0 Å². The van der Waals surface area contributed by atoms with E-state index in [0.29, 0.717) is 25.4 Å². The van der Waals surface area contributed by atoms with Gasteiger partial charge in [-0.3, -0.25) is 4.98 Å². The number of pyridine rings is 1. The number of halogens is 1. The molecule has 0 aliphatic heterocycles. The molecule has 0 unspecified atom stereocenters. The van der Waals surface area contributed by atoms with Gasteiger partial charge in [-0.25, -0.2) is 17.8 Å². The number of benzene rings is 3. The summed E-state index contributed by atoms with van der Waals surface area (Å²) in [5.74, 6) is 0.530. The lowest BCUT2D eigenvalue weighted by Crippen LogP contribution is -2.21. The van der Waals surface area contributed by atoms with Gasteiger partial charge in [0, 0.05) is 58.9 Å². The van der Waals surface area contributed by atoms with Crippen molar-refractivity contribution in [3.8, 4) is 16.3 Å². The molecule has 0 saturated carbocycles. The number of nitrogens with one attached hydrogen (secondary N) is 2. The smallest absolute Gasteiger partial charge is 0.148 e. The van der Waals surface area contributed by atoms with Crippen molar-refractivity contribution in [2.75, 3.05) is 23.9 Å². The first-order valence-corrected chi connectivity index (χ1v) is 15.2. The van der Waals surface area contributed by atoms with Gasteiger partial charge in [-0.1, -0.05) is 24.3 Å². The first-order chi connectivity index (χ1) is 18.8. The second kappa shape index (κ2) is 11.9. The Balaban J connectivity index is 1.23. The quantitative estimate of drug-likeness (QED) is 0.192. The van der Waals surface area contributed by atoms with E-state index in [1.54, 1.807) is 23.6 Å². The van der Waals surface area contributed by atoms with Crippen LogP contribution in [0.2, 0.25) is 0 Å². The molecule has 3 aromatic carbocycles. The Morgan fingerprint density at radius 2 is 1.85 bits per heavy atom. The zero-order valence-electron chi connectivity index (χ0n) is 21.2. The van der Waals surface area contributed by atoms with E-state index in [2.05, 4.69) is 20.6 Å². The third kappa shape index (κ3) is 7.38. The molecule has 0 bridgehead atoms. The molecule has 0 saturated heterocycles. The Kier molecular flexibility index (Phi) is 8.16. The lowest BCUT2D eigenvalue weighted by atomic mass is 10.1. The van der Waals surface area contributed by atoms with Crippen molar-refractivity contribution < 1.29 is 17.5 Å². The lowest BCUT2D eigenvalue weighted by molar-refractivity contribution is 0.305. The summed E-state index contributed by atoms with van der Waals surface area (Å²) >= 11 is 1.57. The van der Waals surface area contributed by atoms with Crippen LogP contribution >= 0.6 is 11.3 Å². The van der Waals surface area contributed by atoms with Gasteiger partial charge in [0.1, 0.15) is 33.0 Å². The van der Waals surface area contributed by atoms with E-state index in [1.165, 1.54) is 18.4 Å². The van der Waals surface area contributed by atoms with Crippen molar-refractivity contribution in [2.45, 2.75) is 13.2 Å². The van der Waals surface area contributed by atoms with Gasteiger partial charge in [-0.15, -0.1) is 11.3 Å². The zero-order chi connectivity index (χ0) is 27.2. The number of aromatic nitrogens is 2. The van der Waals surface area contributed by atoms with Crippen LogP contribution in [-0.4, -0.2) is 36.9 Å². The van der Waals surface area contributed by atoms with Gasteiger partial charge in [0.05, 0.1) is 11.3 Å². The van der Waals surface area contributed by atoms with Crippen molar-refractivity contribution >= 4 is 43.5 Å². The highest BCUT2D eigenvalue weighted by Gasteiger charge is 2.09. The highest BCUT2D eigenvalue weighted by atomic mass is 32.2. The molecule has 0 spiro atoms. The summed E-state index contributed by atoms with van der Waals surface area (Å²) in [6.45, 7) is 1.27. The van der Waals surface area contributed by atoms with E-state index in [0.717, 1.165) is 43.3 Å². The standard InChI is InChI=1S/C29H27FN4O3S2/c1-39(35,36)14-13-31-17-25-18-33-29(38-25)21-5-10-26-27(11-12-32-28(26)16-21)34-23-6-8-24(9-7-23)37-19-20-3-2-4-22(30)15-20/h2-12,15-16,18,31H,13-14,17,19H2,1H3,(H,32,34). The normalized spacial score (nSPS) is 11.5. The summed E-state index contributed by atoms with van der Waals surface area (Å²) in [7, 11) is -2.98. The molecule has 0 amide bonds. The van der Waals surface area contributed by atoms with Gasteiger partial charge < -0.3 is 15.4 Å². The van der Waals surface area contributed by atoms with Crippen molar-refractivity contribution in [3.05, 3.63) is 101 Å². The van der Waals surface area contributed by atoms with Crippen LogP contribution < -0.4 is 15.4 Å². The van der Waals surface area contributed by atoms with Crippen LogP contribution in [0, 0.1) is 5.82 Å². The molecule has 0 radical (unpaired) electrons. The fourth-order valence-corrected chi connectivity index (χ4v) is 5.36. The monoisotopic (exact) mass is 562 g/mol. The SMILES string of the molecule is CS(=O)(=O)CCNCc1cnc(-c2ccc3c(Nc4ccc(OCc5cccc(F)c5)cc4)ccnc3c2)s1. The molecule has 5 rings (SSSR count). The zero-order valence-corrected chi connectivity index (χ0v) is 22.9. The molecular weight excluding hydrogens is 535 g/mol. The second-order valence-corrected chi connectivity index (χ2v) is 12.5. The molecule has 7 nitrogen and oxygen atoms in total. The van der Waals surface area contributed by atoms with Crippen molar-refractivity contribution in [1.29, 1.82) is 0 Å². The third-order valence-electron chi connectivity index (χ3n) is 5.92. The van der Waals surface area contributed by atoms with Crippen LogP contribution in [0.3, 0.4) is 0 Å². The molecule has 0 atom stereocenters. The van der Waals surface area contributed by atoms with Crippen molar-refractivity contribution in [1.82, 2.24) is 15.3 Å². The maximum Gasteiger partial charge on any atom is 0.148 e. The highest BCUT2D eigenvalue weighted by Crippen LogP contribution is 2.31. The van der Waals surface area contributed by atoms with Gasteiger partial charge in [0.25, 0.3) is 0 Å². The van der Waals surface area contributed by atoms with E-state index in [-0.39, 0.29) is 11.6 Å². The van der Waals surface area contributed by atoms with Crippen LogP contribution in [0.5, 0.6) is 5.75 Å². The molecule has 0 aliphatic carbocycles. The molecule has 2 N–H and O–H groups in total. The minimum absolute atomic E-state index is 0.111. The minimum Gasteiger partial charge on any atom is -0.489 e. The van der Waals surface area contributed by atoms with E-state index in [4.69, 9.17) is 4.74 Å². The maximum absolute atomic E-state index is 13.4. The third-order valence-corrected chi connectivity index (χ3v) is 7.91. The number of hydrogen-bond donors (Lipinski definition) is 2. The van der Waals surface area contributed by atoms with Crippen LogP contribution in [0.1, 0.15) is 10.4 Å². The van der Waals surface area contributed by atoms with Gasteiger partial charge in [-0.05, 0) is 54.1 Å². The van der Waals surface area contributed by atoms with E-state index < -0.39 is 9.84 Å². The van der Waals surface area contributed by atoms with Crippen molar-refractivity contribution in [3.63, 3.8) is 0 Å². The molecule has 0 fully saturated rings. The molecule has 2 aromatic heterocycles. The van der Waals surface area contributed by atoms with Gasteiger partial charge in [0.2, 0.25) is 0 Å². The summed E-state index contributed by atoms with van der Waals surface area (Å²) < 4.78 is 41.7. The largest absolute Gasteiger partial charge is 0.489 e. The molecule has 10 heteroatoms. The first-order valence-electron chi connectivity index (χ1n) is 12.3. The van der Waals surface area contributed by atoms with E-state index in [9.17, 15) is 12.8 Å². The predicted molar refractivity (Wildman–Crippen MR) is 155 cm³/mol. The average molecular weight is 563 g/mol. The van der Waals surface area contributed by atoms with Crippen LogP contribution in [-0.2, 0) is 23.0 Å². The topological polar surface area (TPSA) is 93.2 Å². The molecular formula is C29H27FN4O3S2. The Morgan fingerprint density at radius 1 is 1.00 bits per heavy atom. The Bertz CT molecular complexity index is 1690. The van der Waals surface area contributed by atoms with Crippen LogP contribution in [0.15, 0.2) is 85.2 Å². The fraction of sp³-hybridized carbons (Fsp3) is 0.172. The molecule has 5 aromatic rings. The summed E-state index contributed by atoms with van der Waals surface area (Å²) in [5.41, 5.74) is 4.41. The average Bonchev–Trinajstić information content (AvgIpc) is 3.39. The summed E-state index contributed by atoms with van der Waals surface area (Å²) in [6.07, 6.45) is 4.82. The first kappa shape index (κ1) is 26.7. The van der Waals surface area contributed by atoms with Crippen LogP contribution in [0.4, 0.5) is 15.8 Å². The number of anilines is 2. The second-order valence-electron chi connectivity index (χ2n) is 9.10. The van der Waals surface area contributed by atoms with Crippen molar-refractivity contribution in [2.24, 2.45) is 0 Å². The number of ether oxygens (including phenoxy) is 1. The van der Waals surface area contributed by atoms with E-state index >= 15 is 0 Å². The number of hydrogen-bond acceptors (Lipinski definition) is 8. The summed E-state index contributed by atoms with van der Waals surface area (Å²) in [6, 6.07) is 22.0. The van der Waals surface area contributed by atoms with Crippen LogP contribution in [0.25, 0.3) is 21.5 Å². The number of nitrogens with zero attached hydrogens (tertiary/aromatic N) is 2. The molecule has 39 heavy (non-hydrogen) atoms.